The van der Waals surface area contributed by atoms with Gasteiger partial charge in [0.2, 0.25) is 0 Å². The van der Waals surface area contributed by atoms with E-state index in [0.717, 1.165) is 29.2 Å². The molecule has 0 radical (unpaired) electrons. The molecule has 1 heterocycles. The predicted octanol–water partition coefficient (Wildman–Crippen LogP) is 4.36. The van der Waals surface area contributed by atoms with E-state index in [4.69, 9.17) is 11.6 Å². The molecule has 0 unspecified atom stereocenters. The lowest BCUT2D eigenvalue weighted by Crippen LogP contribution is -2.30. The molecular formula is C18H10ClF4NO2. The van der Waals surface area contributed by atoms with Crippen molar-refractivity contribution in [2.45, 2.75) is 12.7 Å². The fourth-order valence-corrected chi connectivity index (χ4v) is 2.88. The lowest BCUT2D eigenvalue weighted by molar-refractivity contribution is -0.137. The molecule has 1 aliphatic heterocycles. The largest absolute Gasteiger partial charge is 0.416 e. The number of alkyl halides is 3. The van der Waals surface area contributed by atoms with Gasteiger partial charge in [0.1, 0.15) is 10.8 Å². The van der Waals surface area contributed by atoms with Gasteiger partial charge in [0.25, 0.3) is 11.8 Å². The van der Waals surface area contributed by atoms with E-state index in [1.807, 2.05) is 0 Å². The van der Waals surface area contributed by atoms with Gasteiger partial charge in [-0.1, -0.05) is 35.9 Å². The predicted molar refractivity (Wildman–Crippen MR) is 86.2 cm³/mol. The van der Waals surface area contributed by atoms with E-state index in [-0.39, 0.29) is 28.3 Å². The number of benzene rings is 2. The van der Waals surface area contributed by atoms with Crippen molar-refractivity contribution in [2.75, 3.05) is 0 Å². The number of hydrogen-bond acceptors (Lipinski definition) is 2. The number of amides is 2. The minimum Gasteiger partial charge on any atom is -0.269 e. The van der Waals surface area contributed by atoms with Crippen LogP contribution in [0.5, 0.6) is 0 Å². The second kappa shape index (κ2) is 6.57. The van der Waals surface area contributed by atoms with E-state index in [2.05, 4.69) is 0 Å². The topological polar surface area (TPSA) is 37.4 Å². The number of imide groups is 1. The molecule has 0 aliphatic carbocycles. The molecule has 0 saturated heterocycles. The molecule has 2 aromatic rings. The number of hydrogen-bond donors (Lipinski definition) is 0. The Hall–Kier alpha value is -2.67. The highest BCUT2D eigenvalue weighted by molar-refractivity contribution is 6.55. The van der Waals surface area contributed by atoms with Gasteiger partial charge in [0.05, 0.1) is 17.7 Å². The van der Waals surface area contributed by atoms with Gasteiger partial charge in [-0.05, 0) is 35.4 Å². The zero-order chi connectivity index (χ0) is 19.1. The Bertz CT molecular complexity index is 920. The van der Waals surface area contributed by atoms with Gasteiger partial charge in [-0.25, -0.2) is 4.39 Å². The third-order valence-corrected chi connectivity index (χ3v) is 4.19. The third-order valence-electron chi connectivity index (χ3n) is 3.84. The van der Waals surface area contributed by atoms with Crippen molar-refractivity contribution in [2.24, 2.45) is 0 Å². The fraction of sp³-hybridized carbons (Fsp3) is 0.111. The lowest BCUT2D eigenvalue weighted by Gasteiger charge is -2.16. The number of nitrogens with zero attached hydrogens (tertiary/aromatic N) is 1. The molecule has 2 amide bonds. The van der Waals surface area contributed by atoms with Gasteiger partial charge in [0, 0.05) is 0 Å². The van der Waals surface area contributed by atoms with E-state index >= 15 is 0 Å². The number of carbonyl (C=O) groups excluding carboxylic acids is 2. The van der Waals surface area contributed by atoms with Crippen LogP contribution >= 0.6 is 11.6 Å². The van der Waals surface area contributed by atoms with E-state index in [9.17, 15) is 27.2 Å². The van der Waals surface area contributed by atoms with E-state index < -0.39 is 29.4 Å². The highest BCUT2D eigenvalue weighted by Gasteiger charge is 2.38. The fourth-order valence-electron chi connectivity index (χ4n) is 2.59. The maximum Gasteiger partial charge on any atom is 0.416 e. The molecule has 2 aromatic carbocycles. The molecule has 3 rings (SSSR count). The van der Waals surface area contributed by atoms with Gasteiger partial charge in [-0.15, -0.1) is 0 Å². The first kappa shape index (κ1) is 18.1. The Kier molecular flexibility index (Phi) is 4.58. The van der Waals surface area contributed by atoms with Crippen LogP contribution in [0.2, 0.25) is 0 Å². The van der Waals surface area contributed by atoms with Crippen molar-refractivity contribution >= 4 is 29.0 Å². The summed E-state index contributed by atoms with van der Waals surface area (Å²) in [6, 6.07) is 9.15. The van der Waals surface area contributed by atoms with Crippen LogP contribution in [-0.2, 0) is 22.3 Å². The maximum absolute atomic E-state index is 13.0. The molecule has 1 aliphatic rings. The molecule has 26 heavy (non-hydrogen) atoms. The van der Waals surface area contributed by atoms with Gasteiger partial charge in [-0.2, -0.15) is 13.2 Å². The van der Waals surface area contributed by atoms with Gasteiger partial charge in [0.15, 0.2) is 0 Å². The average molecular weight is 384 g/mol. The first-order valence-corrected chi connectivity index (χ1v) is 7.74. The molecule has 0 N–H and O–H groups in total. The Morgan fingerprint density at radius 3 is 2.23 bits per heavy atom. The van der Waals surface area contributed by atoms with Gasteiger partial charge >= 0.3 is 6.18 Å². The summed E-state index contributed by atoms with van der Waals surface area (Å²) in [5.41, 5.74) is -0.608. The minimum atomic E-state index is -4.54. The molecule has 0 atom stereocenters. The third kappa shape index (κ3) is 3.35. The van der Waals surface area contributed by atoms with Crippen LogP contribution < -0.4 is 0 Å². The Morgan fingerprint density at radius 2 is 1.62 bits per heavy atom. The second-order valence-electron chi connectivity index (χ2n) is 5.59. The van der Waals surface area contributed by atoms with Crippen LogP contribution in [0.1, 0.15) is 16.7 Å². The average Bonchev–Trinajstić information content (AvgIpc) is 2.79. The van der Waals surface area contributed by atoms with Crippen LogP contribution in [0.4, 0.5) is 17.6 Å². The van der Waals surface area contributed by atoms with Crippen molar-refractivity contribution in [3.63, 3.8) is 0 Å². The van der Waals surface area contributed by atoms with Gasteiger partial charge < -0.3 is 0 Å². The number of rotatable bonds is 3. The van der Waals surface area contributed by atoms with Crippen LogP contribution in [-0.4, -0.2) is 16.7 Å². The Morgan fingerprint density at radius 1 is 0.962 bits per heavy atom. The standard InChI is InChI=1S/C18H10ClF4NO2/c19-15-14(11-4-6-13(20)7-5-11)16(25)24(17(15)26)9-10-2-1-3-12(8-10)18(21,22)23/h1-8H,9H2. The monoisotopic (exact) mass is 383 g/mol. The zero-order valence-electron chi connectivity index (χ0n) is 13.0. The summed E-state index contributed by atoms with van der Waals surface area (Å²) in [7, 11) is 0. The molecule has 0 bridgehead atoms. The van der Waals surface area contributed by atoms with Crippen molar-refractivity contribution in [1.82, 2.24) is 4.90 Å². The minimum absolute atomic E-state index is 0.108. The summed E-state index contributed by atoms with van der Waals surface area (Å²) < 4.78 is 51.5. The van der Waals surface area contributed by atoms with E-state index in [1.165, 1.54) is 24.3 Å². The quantitative estimate of drug-likeness (QED) is 0.583. The highest BCUT2D eigenvalue weighted by atomic mass is 35.5. The van der Waals surface area contributed by atoms with Crippen LogP contribution in [0.3, 0.4) is 0 Å². The van der Waals surface area contributed by atoms with E-state index in [1.54, 1.807) is 0 Å². The van der Waals surface area contributed by atoms with Crippen molar-refractivity contribution in [3.05, 3.63) is 76.1 Å². The SMILES string of the molecule is O=C1C(Cl)=C(c2ccc(F)cc2)C(=O)N1Cc1cccc(C(F)(F)F)c1. The van der Waals surface area contributed by atoms with E-state index in [0.29, 0.717) is 0 Å². The molecule has 0 aromatic heterocycles. The van der Waals surface area contributed by atoms with Crippen LogP contribution in [0.15, 0.2) is 53.6 Å². The normalized spacial score (nSPS) is 15.2. The lowest BCUT2D eigenvalue weighted by atomic mass is 10.1. The van der Waals surface area contributed by atoms with Crippen molar-refractivity contribution in [3.8, 4) is 0 Å². The summed E-state index contributed by atoms with van der Waals surface area (Å²) in [4.78, 5) is 25.6. The second-order valence-corrected chi connectivity index (χ2v) is 5.97. The first-order chi connectivity index (χ1) is 12.2. The summed E-state index contributed by atoms with van der Waals surface area (Å²) in [5, 5.41) is -0.353. The highest BCUT2D eigenvalue weighted by Crippen LogP contribution is 2.34. The van der Waals surface area contributed by atoms with Crippen molar-refractivity contribution in [1.29, 1.82) is 0 Å². The first-order valence-electron chi connectivity index (χ1n) is 7.36. The molecule has 134 valence electrons. The molecule has 3 nitrogen and oxygen atoms in total. The van der Waals surface area contributed by atoms with Crippen LogP contribution in [0, 0.1) is 5.82 Å². The van der Waals surface area contributed by atoms with Gasteiger partial charge in [-0.3, -0.25) is 14.5 Å². The molecule has 0 saturated carbocycles. The smallest absolute Gasteiger partial charge is 0.269 e. The molecular weight excluding hydrogens is 374 g/mol. The molecule has 0 fully saturated rings. The summed E-state index contributed by atoms with van der Waals surface area (Å²) in [6.07, 6.45) is -4.54. The maximum atomic E-state index is 13.0. The number of halogens is 5. The summed E-state index contributed by atoms with van der Waals surface area (Å²) in [5.74, 6) is -2.08. The molecule has 0 spiro atoms. The summed E-state index contributed by atoms with van der Waals surface area (Å²) in [6.45, 7) is -0.359. The zero-order valence-corrected chi connectivity index (χ0v) is 13.7. The van der Waals surface area contributed by atoms with Crippen LogP contribution in [0.25, 0.3) is 5.57 Å². The van der Waals surface area contributed by atoms with Crippen molar-refractivity contribution < 1.29 is 27.2 Å². The Balaban J connectivity index is 1.89. The summed E-state index contributed by atoms with van der Waals surface area (Å²) >= 11 is 5.96. The number of carbonyl (C=O) groups is 2. The molecule has 8 heteroatoms. The Labute approximate surface area is 150 Å².